The minimum atomic E-state index is -0.758. The SMILES string of the molecule is N#Cc1cc(F)c(CNCc2ccccc2O)c(F)c1. The zero-order valence-corrected chi connectivity index (χ0v) is 10.5. The van der Waals surface area contributed by atoms with Gasteiger partial charge < -0.3 is 10.4 Å². The number of rotatable bonds is 4. The van der Waals surface area contributed by atoms with E-state index in [1.165, 1.54) is 0 Å². The molecule has 0 atom stereocenters. The average Bonchev–Trinajstić information content (AvgIpc) is 2.43. The van der Waals surface area contributed by atoms with Crippen LogP contribution in [0.1, 0.15) is 16.7 Å². The molecular formula is C15H12F2N2O. The Labute approximate surface area is 115 Å². The molecule has 0 fully saturated rings. The molecule has 0 unspecified atom stereocenters. The van der Waals surface area contributed by atoms with Gasteiger partial charge >= 0.3 is 0 Å². The van der Waals surface area contributed by atoms with E-state index >= 15 is 0 Å². The molecular weight excluding hydrogens is 262 g/mol. The number of benzene rings is 2. The van der Waals surface area contributed by atoms with Crippen LogP contribution in [0.2, 0.25) is 0 Å². The zero-order chi connectivity index (χ0) is 14.5. The van der Waals surface area contributed by atoms with Crippen molar-refractivity contribution in [1.82, 2.24) is 5.32 Å². The maximum atomic E-state index is 13.6. The van der Waals surface area contributed by atoms with Crippen LogP contribution < -0.4 is 5.32 Å². The first-order chi connectivity index (χ1) is 9.61. The molecule has 0 bridgehead atoms. The molecule has 20 heavy (non-hydrogen) atoms. The van der Waals surface area contributed by atoms with Crippen molar-refractivity contribution in [3.63, 3.8) is 0 Å². The van der Waals surface area contributed by atoms with Crippen LogP contribution in [0.15, 0.2) is 36.4 Å². The third-order valence-corrected chi connectivity index (χ3v) is 2.88. The van der Waals surface area contributed by atoms with E-state index < -0.39 is 11.6 Å². The molecule has 0 aliphatic carbocycles. The van der Waals surface area contributed by atoms with Gasteiger partial charge in [0, 0.05) is 24.2 Å². The van der Waals surface area contributed by atoms with Gasteiger partial charge in [-0.1, -0.05) is 18.2 Å². The van der Waals surface area contributed by atoms with E-state index in [2.05, 4.69) is 5.32 Å². The van der Waals surface area contributed by atoms with Gasteiger partial charge in [0.2, 0.25) is 0 Å². The van der Waals surface area contributed by atoms with Gasteiger partial charge in [-0.15, -0.1) is 0 Å². The maximum Gasteiger partial charge on any atom is 0.131 e. The molecule has 2 aromatic carbocycles. The molecule has 3 nitrogen and oxygen atoms in total. The Kier molecular flexibility index (Phi) is 4.28. The third kappa shape index (κ3) is 3.11. The number of nitriles is 1. The lowest BCUT2D eigenvalue weighted by molar-refractivity contribution is 0.463. The Morgan fingerprint density at radius 3 is 2.35 bits per heavy atom. The van der Waals surface area contributed by atoms with Crippen molar-refractivity contribution in [3.05, 3.63) is 64.7 Å². The third-order valence-electron chi connectivity index (χ3n) is 2.88. The minimum absolute atomic E-state index is 0.0301. The second-order valence-corrected chi connectivity index (χ2v) is 4.26. The number of phenols is 1. The average molecular weight is 274 g/mol. The molecule has 0 aliphatic rings. The number of phenolic OH excluding ortho intramolecular Hbond substituents is 1. The van der Waals surface area contributed by atoms with Gasteiger partial charge in [0.1, 0.15) is 17.4 Å². The number of nitrogens with zero attached hydrogens (tertiary/aromatic N) is 1. The Morgan fingerprint density at radius 2 is 1.75 bits per heavy atom. The van der Waals surface area contributed by atoms with Gasteiger partial charge in [0.25, 0.3) is 0 Å². The van der Waals surface area contributed by atoms with E-state index in [0.717, 1.165) is 12.1 Å². The van der Waals surface area contributed by atoms with Crippen LogP contribution in [0.5, 0.6) is 5.75 Å². The maximum absolute atomic E-state index is 13.6. The quantitative estimate of drug-likeness (QED) is 0.901. The second-order valence-electron chi connectivity index (χ2n) is 4.26. The summed E-state index contributed by atoms with van der Waals surface area (Å²) < 4.78 is 27.2. The molecule has 0 aliphatic heterocycles. The molecule has 0 aromatic heterocycles. The fourth-order valence-electron chi connectivity index (χ4n) is 1.82. The molecule has 0 saturated heterocycles. The highest BCUT2D eigenvalue weighted by Crippen LogP contribution is 2.17. The Morgan fingerprint density at radius 1 is 1.10 bits per heavy atom. The van der Waals surface area contributed by atoms with E-state index in [4.69, 9.17) is 5.26 Å². The summed E-state index contributed by atoms with van der Waals surface area (Å²) in [6.07, 6.45) is 0. The van der Waals surface area contributed by atoms with Crippen molar-refractivity contribution in [2.75, 3.05) is 0 Å². The Balaban J connectivity index is 2.05. The standard InChI is InChI=1S/C15H12F2N2O/c16-13-5-10(7-18)6-14(17)12(13)9-19-8-11-3-1-2-4-15(11)20/h1-6,19-20H,8-9H2. The molecule has 2 aromatic rings. The summed E-state index contributed by atoms with van der Waals surface area (Å²) in [5.41, 5.74) is 0.464. The molecule has 0 heterocycles. The smallest absolute Gasteiger partial charge is 0.131 e. The van der Waals surface area contributed by atoms with Crippen LogP contribution in [0.4, 0.5) is 8.78 Å². The molecule has 102 valence electrons. The predicted octanol–water partition coefficient (Wildman–Crippen LogP) is 2.83. The lowest BCUT2D eigenvalue weighted by Crippen LogP contribution is -2.15. The highest BCUT2D eigenvalue weighted by molar-refractivity contribution is 5.34. The van der Waals surface area contributed by atoms with Crippen LogP contribution in [-0.4, -0.2) is 5.11 Å². The van der Waals surface area contributed by atoms with Crippen LogP contribution in [0, 0.1) is 23.0 Å². The van der Waals surface area contributed by atoms with Gasteiger partial charge in [-0.3, -0.25) is 0 Å². The van der Waals surface area contributed by atoms with Crippen molar-refractivity contribution in [1.29, 1.82) is 5.26 Å². The molecule has 2 N–H and O–H groups in total. The van der Waals surface area contributed by atoms with E-state index in [1.807, 2.05) is 0 Å². The fraction of sp³-hybridized carbons (Fsp3) is 0.133. The number of halogens is 2. The summed E-state index contributed by atoms with van der Waals surface area (Å²) >= 11 is 0. The number of hydrogen-bond acceptors (Lipinski definition) is 3. The van der Waals surface area contributed by atoms with Crippen molar-refractivity contribution in [2.24, 2.45) is 0 Å². The number of hydrogen-bond donors (Lipinski definition) is 2. The minimum Gasteiger partial charge on any atom is -0.508 e. The highest BCUT2D eigenvalue weighted by atomic mass is 19.1. The number of aromatic hydroxyl groups is 1. The first-order valence-electron chi connectivity index (χ1n) is 5.97. The Hall–Kier alpha value is -2.45. The summed E-state index contributed by atoms with van der Waals surface area (Å²) in [4.78, 5) is 0. The van der Waals surface area contributed by atoms with Crippen LogP contribution in [-0.2, 0) is 13.1 Å². The molecule has 0 saturated carbocycles. The summed E-state index contributed by atoms with van der Waals surface area (Å²) in [7, 11) is 0. The molecule has 0 spiro atoms. The predicted molar refractivity (Wildman–Crippen MR) is 69.7 cm³/mol. The molecule has 0 amide bonds. The van der Waals surface area contributed by atoms with Crippen LogP contribution in [0.3, 0.4) is 0 Å². The zero-order valence-electron chi connectivity index (χ0n) is 10.5. The van der Waals surface area contributed by atoms with Crippen molar-refractivity contribution < 1.29 is 13.9 Å². The topological polar surface area (TPSA) is 56.0 Å². The molecule has 0 radical (unpaired) electrons. The number of nitrogens with one attached hydrogen (secondary N) is 1. The summed E-state index contributed by atoms with van der Waals surface area (Å²) in [5.74, 6) is -1.39. The van der Waals surface area contributed by atoms with Gasteiger partial charge in [-0.2, -0.15) is 5.26 Å². The van der Waals surface area contributed by atoms with Crippen LogP contribution in [0.25, 0.3) is 0 Å². The van der Waals surface area contributed by atoms with Crippen LogP contribution >= 0.6 is 0 Å². The first-order valence-corrected chi connectivity index (χ1v) is 5.97. The van der Waals surface area contributed by atoms with Gasteiger partial charge in [-0.05, 0) is 18.2 Å². The van der Waals surface area contributed by atoms with Gasteiger partial charge in [0.15, 0.2) is 0 Å². The Bertz CT molecular complexity index is 642. The lowest BCUT2D eigenvalue weighted by atomic mass is 10.1. The van der Waals surface area contributed by atoms with Gasteiger partial charge in [0.05, 0.1) is 11.6 Å². The lowest BCUT2D eigenvalue weighted by Gasteiger charge is -2.08. The largest absolute Gasteiger partial charge is 0.508 e. The second kappa shape index (κ2) is 6.13. The van der Waals surface area contributed by atoms with Crippen molar-refractivity contribution in [3.8, 4) is 11.8 Å². The van der Waals surface area contributed by atoms with E-state index in [9.17, 15) is 13.9 Å². The first kappa shape index (κ1) is 14.0. The molecule has 2 rings (SSSR count). The summed E-state index contributed by atoms with van der Waals surface area (Å²) in [5, 5.41) is 21.0. The fourth-order valence-corrected chi connectivity index (χ4v) is 1.82. The van der Waals surface area contributed by atoms with E-state index in [0.29, 0.717) is 5.56 Å². The number of para-hydroxylation sites is 1. The van der Waals surface area contributed by atoms with E-state index in [1.54, 1.807) is 30.3 Å². The highest BCUT2D eigenvalue weighted by Gasteiger charge is 2.11. The van der Waals surface area contributed by atoms with E-state index in [-0.39, 0.29) is 30.0 Å². The van der Waals surface area contributed by atoms with Crippen molar-refractivity contribution in [2.45, 2.75) is 13.1 Å². The molecule has 5 heteroatoms. The monoisotopic (exact) mass is 274 g/mol. The summed E-state index contributed by atoms with van der Waals surface area (Å²) in [6.45, 7) is 0.253. The summed E-state index contributed by atoms with van der Waals surface area (Å²) in [6, 6.07) is 10.4. The van der Waals surface area contributed by atoms with Gasteiger partial charge in [-0.25, -0.2) is 8.78 Å². The normalized spacial score (nSPS) is 10.2. The van der Waals surface area contributed by atoms with Crippen molar-refractivity contribution >= 4 is 0 Å².